The molecule has 0 bridgehead atoms. The van der Waals surface area contributed by atoms with Gasteiger partial charge in [-0.3, -0.25) is 4.99 Å². The lowest BCUT2D eigenvalue weighted by Crippen LogP contribution is -2.17. The van der Waals surface area contributed by atoms with Crippen molar-refractivity contribution in [3.05, 3.63) is 71.3 Å². The summed E-state index contributed by atoms with van der Waals surface area (Å²) >= 11 is 0. The van der Waals surface area contributed by atoms with Crippen LogP contribution in [-0.4, -0.2) is 25.3 Å². The molecule has 3 N–H and O–H groups in total. The molecule has 0 atom stereocenters. The molecule has 0 aliphatic heterocycles. The lowest BCUT2D eigenvalue weighted by molar-refractivity contribution is -0.127. The fourth-order valence-electron chi connectivity index (χ4n) is 3.24. The summed E-state index contributed by atoms with van der Waals surface area (Å²) < 4.78 is 38.5. The molecular weight excluding hydrogens is 351 g/mol. The molecule has 0 fully saturated rings. The van der Waals surface area contributed by atoms with E-state index in [0.717, 1.165) is 10.8 Å². The monoisotopic (exact) mass is 369 g/mol. The van der Waals surface area contributed by atoms with Gasteiger partial charge in [-0.1, -0.05) is 48.5 Å². The maximum absolute atomic E-state index is 12.8. The highest BCUT2D eigenvalue weighted by atomic mass is 19.4. The van der Waals surface area contributed by atoms with Crippen molar-refractivity contribution in [1.82, 2.24) is 0 Å². The van der Waals surface area contributed by atoms with E-state index in [2.05, 4.69) is 4.99 Å². The molecule has 0 spiro atoms. The second kappa shape index (κ2) is 7.23. The summed E-state index contributed by atoms with van der Waals surface area (Å²) in [5, 5.41) is 9.48. The Morgan fingerprint density at radius 1 is 1.11 bits per heavy atom. The average molecular weight is 369 g/mol. The van der Waals surface area contributed by atoms with Gasteiger partial charge in [-0.2, -0.15) is 13.2 Å². The van der Waals surface area contributed by atoms with Crippen molar-refractivity contribution in [2.45, 2.75) is 12.6 Å². The number of nitrogens with one attached hydrogen (secondary N) is 1. The minimum Gasteiger partial charge on any atom is -0.383 e. The van der Waals surface area contributed by atoms with Gasteiger partial charge in [0.1, 0.15) is 5.84 Å². The molecule has 0 saturated heterocycles. The number of hydrogen-bond donors (Lipinski definition) is 2. The van der Waals surface area contributed by atoms with Gasteiger partial charge in [-0.05, 0) is 28.0 Å². The van der Waals surface area contributed by atoms with Crippen molar-refractivity contribution in [1.29, 1.82) is 5.41 Å². The van der Waals surface area contributed by atoms with E-state index in [-0.39, 0.29) is 11.4 Å². The van der Waals surface area contributed by atoms with E-state index in [9.17, 15) is 13.2 Å². The first-order valence-electron chi connectivity index (χ1n) is 8.29. The summed E-state index contributed by atoms with van der Waals surface area (Å²) in [7, 11) is 1.54. The van der Waals surface area contributed by atoms with Gasteiger partial charge in [-0.25, -0.2) is 0 Å². The number of aliphatic imine (C=N–C) groups is 1. The molecule has 6 heteroatoms. The average Bonchev–Trinajstić information content (AvgIpc) is 2.64. The quantitative estimate of drug-likeness (QED) is 0.496. The molecule has 3 rings (SSSR count). The molecule has 0 unspecified atom stereocenters. The molecule has 0 aliphatic rings. The van der Waals surface area contributed by atoms with Crippen LogP contribution in [0.15, 0.2) is 59.6 Å². The molecular formula is C21H18F3N3. The maximum atomic E-state index is 12.8. The first-order valence-corrected chi connectivity index (χ1v) is 8.29. The Hall–Kier alpha value is -3.15. The van der Waals surface area contributed by atoms with Gasteiger partial charge in [0.05, 0.1) is 6.42 Å². The minimum atomic E-state index is -4.29. The van der Waals surface area contributed by atoms with E-state index in [4.69, 9.17) is 11.1 Å². The number of amidine groups is 1. The summed E-state index contributed by atoms with van der Waals surface area (Å²) in [5.74, 6) is 0.232. The Morgan fingerprint density at radius 2 is 1.85 bits per heavy atom. The second-order valence-electron chi connectivity index (χ2n) is 6.18. The normalized spacial score (nSPS) is 12.4. The Labute approximate surface area is 154 Å². The van der Waals surface area contributed by atoms with Crippen LogP contribution in [0.3, 0.4) is 0 Å². The number of halogens is 3. The predicted octanol–water partition coefficient (Wildman–Crippen LogP) is 4.94. The summed E-state index contributed by atoms with van der Waals surface area (Å²) in [4.78, 5) is 4.05. The van der Waals surface area contributed by atoms with Crippen molar-refractivity contribution in [2.24, 2.45) is 10.7 Å². The summed E-state index contributed by atoms with van der Waals surface area (Å²) in [6, 6.07) is 15.7. The van der Waals surface area contributed by atoms with E-state index >= 15 is 0 Å². The molecule has 0 aliphatic carbocycles. The minimum absolute atomic E-state index is 0.169. The third kappa shape index (κ3) is 3.84. The van der Waals surface area contributed by atoms with Crippen molar-refractivity contribution >= 4 is 22.8 Å². The van der Waals surface area contributed by atoms with Gasteiger partial charge in [-0.15, -0.1) is 0 Å². The van der Waals surface area contributed by atoms with Crippen LogP contribution < -0.4 is 5.73 Å². The molecule has 0 radical (unpaired) electrons. The van der Waals surface area contributed by atoms with E-state index in [1.165, 1.54) is 18.3 Å². The fourth-order valence-corrected chi connectivity index (χ4v) is 3.24. The lowest BCUT2D eigenvalue weighted by Gasteiger charge is -2.17. The lowest BCUT2D eigenvalue weighted by atomic mass is 9.88. The summed E-state index contributed by atoms with van der Waals surface area (Å²) in [6.45, 7) is 0. The van der Waals surface area contributed by atoms with Crippen LogP contribution in [0.4, 0.5) is 13.2 Å². The van der Waals surface area contributed by atoms with Gasteiger partial charge in [0, 0.05) is 30.0 Å². The molecule has 3 aromatic rings. The van der Waals surface area contributed by atoms with E-state index < -0.39 is 12.6 Å². The predicted molar refractivity (Wildman–Crippen MR) is 104 cm³/mol. The fraction of sp³-hybridized carbons (Fsp3) is 0.143. The zero-order chi connectivity index (χ0) is 19.6. The number of fused-ring (bicyclic) bond motifs is 1. The van der Waals surface area contributed by atoms with Crippen molar-refractivity contribution in [2.75, 3.05) is 7.05 Å². The molecule has 0 heterocycles. The van der Waals surface area contributed by atoms with Gasteiger partial charge in [0.2, 0.25) is 0 Å². The Bertz CT molecular complexity index is 1040. The standard InChI is InChI=1S/C21H18F3N3/c1-27-20(26)19-16(12-25)10-14-6-2-3-8-17(14)18(19)15-7-4-5-13(9-15)11-21(22,23)24/h2-10,12,25H,11H2,1H3,(H2,26,27). The van der Waals surface area contributed by atoms with Crippen LogP contribution in [-0.2, 0) is 6.42 Å². The number of nitrogens with zero attached hydrogens (tertiary/aromatic N) is 1. The van der Waals surface area contributed by atoms with E-state index in [0.29, 0.717) is 22.3 Å². The highest BCUT2D eigenvalue weighted by Crippen LogP contribution is 2.35. The number of nitrogens with two attached hydrogens (primary N) is 1. The number of hydrogen-bond acceptors (Lipinski definition) is 2. The molecule has 27 heavy (non-hydrogen) atoms. The van der Waals surface area contributed by atoms with Crippen LogP contribution in [0.5, 0.6) is 0 Å². The molecule has 3 nitrogen and oxygen atoms in total. The van der Waals surface area contributed by atoms with Gasteiger partial charge < -0.3 is 11.1 Å². The largest absolute Gasteiger partial charge is 0.393 e. The summed E-state index contributed by atoms with van der Waals surface area (Å²) in [5.41, 5.74) is 8.68. The Kier molecular flexibility index (Phi) is 4.99. The molecule has 3 aromatic carbocycles. The van der Waals surface area contributed by atoms with Crippen molar-refractivity contribution < 1.29 is 13.2 Å². The zero-order valence-electron chi connectivity index (χ0n) is 14.6. The van der Waals surface area contributed by atoms with Crippen LogP contribution in [0, 0.1) is 5.41 Å². The van der Waals surface area contributed by atoms with E-state index in [1.807, 2.05) is 30.3 Å². The van der Waals surface area contributed by atoms with Crippen molar-refractivity contribution in [3.63, 3.8) is 0 Å². The summed E-state index contributed by atoms with van der Waals surface area (Å²) in [6.07, 6.45) is -4.11. The molecule has 138 valence electrons. The first-order chi connectivity index (χ1) is 12.8. The van der Waals surface area contributed by atoms with Crippen LogP contribution >= 0.6 is 0 Å². The van der Waals surface area contributed by atoms with Gasteiger partial charge in [0.15, 0.2) is 0 Å². The number of rotatable bonds is 4. The van der Waals surface area contributed by atoms with Gasteiger partial charge >= 0.3 is 6.18 Å². The van der Waals surface area contributed by atoms with Crippen LogP contribution in [0.2, 0.25) is 0 Å². The van der Waals surface area contributed by atoms with E-state index in [1.54, 1.807) is 19.2 Å². The Morgan fingerprint density at radius 3 is 2.52 bits per heavy atom. The third-order valence-electron chi connectivity index (χ3n) is 4.35. The van der Waals surface area contributed by atoms with Gasteiger partial charge in [0.25, 0.3) is 0 Å². The maximum Gasteiger partial charge on any atom is 0.393 e. The van der Waals surface area contributed by atoms with Crippen molar-refractivity contribution in [3.8, 4) is 11.1 Å². The molecule has 0 aromatic heterocycles. The SMILES string of the molecule is CN=C(N)c1c(C=N)cc2ccccc2c1-c1cccc(CC(F)(F)F)c1. The highest BCUT2D eigenvalue weighted by molar-refractivity contribution is 6.16. The zero-order valence-corrected chi connectivity index (χ0v) is 14.6. The smallest absolute Gasteiger partial charge is 0.383 e. The highest BCUT2D eigenvalue weighted by Gasteiger charge is 2.28. The second-order valence-corrected chi connectivity index (χ2v) is 6.18. The number of benzene rings is 3. The molecule has 0 amide bonds. The van der Waals surface area contributed by atoms with Crippen LogP contribution in [0.1, 0.15) is 16.7 Å². The number of alkyl halides is 3. The third-order valence-corrected chi connectivity index (χ3v) is 4.35. The molecule has 0 saturated carbocycles. The Balaban J connectivity index is 2.36. The van der Waals surface area contributed by atoms with Crippen LogP contribution in [0.25, 0.3) is 21.9 Å². The topological polar surface area (TPSA) is 62.2 Å². The first kappa shape index (κ1) is 18.6.